The fraction of sp³-hybridized carbons (Fsp3) is 0.350. The van der Waals surface area contributed by atoms with Crippen molar-refractivity contribution in [3.05, 3.63) is 71.3 Å². The van der Waals surface area contributed by atoms with Gasteiger partial charge in [-0.15, -0.1) is 0 Å². The molecular formula is C20H25NO4. The Hall–Kier alpha value is -2.53. The Morgan fingerprint density at radius 1 is 1.12 bits per heavy atom. The summed E-state index contributed by atoms with van der Waals surface area (Å²) < 4.78 is 15.6. The number of hydrogen-bond acceptors (Lipinski definition) is 5. The van der Waals surface area contributed by atoms with Crippen LogP contribution in [0.2, 0.25) is 0 Å². The molecule has 1 heterocycles. The average Bonchev–Trinajstić information content (AvgIpc) is 2.64. The number of hydrogen-bond donors (Lipinski definition) is 0. The van der Waals surface area contributed by atoms with Crippen LogP contribution in [0.3, 0.4) is 0 Å². The number of allylic oxidation sites excluding steroid dienone is 1. The fourth-order valence-corrected chi connectivity index (χ4v) is 2.92. The second-order valence-electron chi connectivity index (χ2n) is 5.81. The first-order valence-corrected chi connectivity index (χ1v) is 8.08. The van der Waals surface area contributed by atoms with Crippen molar-refractivity contribution in [2.24, 2.45) is 0 Å². The predicted molar refractivity (Wildman–Crippen MR) is 96.8 cm³/mol. The Morgan fingerprint density at radius 2 is 1.80 bits per heavy atom. The lowest BCUT2D eigenvalue weighted by molar-refractivity contribution is -0.136. The molecule has 1 aliphatic heterocycles. The Morgan fingerprint density at radius 3 is 2.40 bits per heavy atom. The van der Waals surface area contributed by atoms with Crippen molar-refractivity contribution in [1.82, 2.24) is 4.90 Å². The number of aryl methyl sites for hydroxylation is 1. The van der Waals surface area contributed by atoms with Gasteiger partial charge in [0.05, 0.1) is 26.4 Å². The van der Waals surface area contributed by atoms with Gasteiger partial charge in [0.2, 0.25) is 0 Å². The molecule has 134 valence electrons. The summed E-state index contributed by atoms with van der Waals surface area (Å²) in [5, 5.41) is 0. The molecule has 0 aliphatic carbocycles. The van der Waals surface area contributed by atoms with Crippen molar-refractivity contribution in [3.8, 4) is 0 Å². The van der Waals surface area contributed by atoms with Crippen molar-refractivity contribution in [1.29, 1.82) is 0 Å². The highest BCUT2D eigenvalue weighted by Crippen LogP contribution is 2.40. The Bertz CT molecular complexity index is 671. The fourth-order valence-electron chi connectivity index (χ4n) is 2.92. The maximum absolute atomic E-state index is 12.5. The molecule has 0 radical (unpaired) electrons. The van der Waals surface area contributed by atoms with Crippen molar-refractivity contribution in [2.75, 3.05) is 34.5 Å². The minimum absolute atomic E-state index is 0.292. The number of carbonyl (C=O) groups excluding carboxylic acids is 1. The van der Waals surface area contributed by atoms with Crippen LogP contribution in [0.15, 0.2) is 60.1 Å². The molecule has 1 aromatic rings. The van der Waals surface area contributed by atoms with Gasteiger partial charge in [-0.1, -0.05) is 30.8 Å². The third-order valence-electron chi connectivity index (χ3n) is 4.27. The van der Waals surface area contributed by atoms with E-state index in [2.05, 4.69) is 6.58 Å². The van der Waals surface area contributed by atoms with E-state index in [1.165, 1.54) is 7.11 Å². The van der Waals surface area contributed by atoms with Crippen LogP contribution < -0.4 is 0 Å². The van der Waals surface area contributed by atoms with Gasteiger partial charge in [0, 0.05) is 37.5 Å². The van der Waals surface area contributed by atoms with E-state index in [1.54, 1.807) is 14.2 Å². The van der Waals surface area contributed by atoms with Crippen LogP contribution in [-0.4, -0.2) is 45.4 Å². The second-order valence-corrected chi connectivity index (χ2v) is 5.81. The number of benzene rings is 1. The molecule has 0 N–H and O–H groups in total. The third kappa shape index (κ3) is 4.12. The molecule has 1 atom stereocenters. The minimum atomic E-state index is -0.370. The van der Waals surface area contributed by atoms with Gasteiger partial charge in [0.15, 0.2) is 0 Å². The lowest BCUT2D eigenvalue weighted by Crippen LogP contribution is -2.28. The molecule has 0 spiro atoms. The summed E-state index contributed by atoms with van der Waals surface area (Å²) in [4.78, 5) is 14.4. The van der Waals surface area contributed by atoms with E-state index < -0.39 is 0 Å². The van der Waals surface area contributed by atoms with Crippen LogP contribution in [-0.2, 0) is 19.0 Å². The average molecular weight is 343 g/mol. The second kappa shape index (κ2) is 8.53. The summed E-state index contributed by atoms with van der Waals surface area (Å²) in [5.74, 6) is -0.143. The molecule has 1 unspecified atom stereocenters. The van der Waals surface area contributed by atoms with Crippen LogP contribution >= 0.6 is 0 Å². The molecule has 0 aromatic heterocycles. The summed E-state index contributed by atoms with van der Waals surface area (Å²) >= 11 is 0. The molecule has 1 aromatic carbocycles. The molecule has 2 rings (SSSR count). The van der Waals surface area contributed by atoms with Crippen LogP contribution in [0.4, 0.5) is 0 Å². The summed E-state index contributed by atoms with van der Waals surface area (Å²) in [6, 6.07) is 7.97. The first kappa shape index (κ1) is 18.8. The van der Waals surface area contributed by atoms with E-state index in [-0.39, 0.29) is 11.9 Å². The predicted octanol–water partition coefficient (Wildman–Crippen LogP) is 3.14. The smallest absolute Gasteiger partial charge is 0.336 e. The van der Waals surface area contributed by atoms with E-state index in [9.17, 15) is 4.79 Å². The molecule has 0 fully saturated rings. The van der Waals surface area contributed by atoms with Gasteiger partial charge < -0.3 is 19.1 Å². The van der Waals surface area contributed by atoms with E-state index in [0.29, 0.717) is 24.5 Å². The minimum Gasteiger partial charge on any atom is -0.497 e. The Kier molecular flexibility index (Phi) is 6.42. The van der Waals surface area contributed by atoms with Crippen molar-refractivity contribution in [2.45, 2.75) is 12.8 Å². The molecule has 0 amide bonds. The quantitative estimate of drug-likeness (QED) is 0.562. The summed E-state index contributed by atoms with van der Waals surface area (Å²) in [6.07, 6.45) is 3.77. The normalized spacial score (nSPS) is 16.8. The van der Waals surface area contributed by atoms with Crippen molar-refractivity contribution >= 4 is 5.97 Å². The highest BCUT2D eigenvalue weighted by atomic mass is 16.5. The maximum Gasteiger partial charge on any atom is 0.336 e. The summed E-state index contributed by atoms with van der Waals surface area (Å²) in [6.45, 7) is 7.17. The van der Waals surface area contributed by atoms with E-state index >= 15 is 0 Å². The van der Waals surface area contributed by atoms with Gasteiger partial charge in [-0.3, -0.25) is 0 Å². The molecule has 0 saturated carbocycles. The molecular weight excluding hydrogens is 318 g/mol. The molecule has 0 saturated heterocycles. The molecule has 5 nitrogen and oxygen atoms in total. The zero-order valence-electron chi connectivity index (χ0n) is 15.2. The van der Waals surface area contributed by atoms with Gasteiger partial charge in [0.25, 0.3) is 0 Å². The number of nitrogens with zero attached hydrogens (tertiary/aromatic N) is 1. The highest BCUT2D eigenvalue weighted by Gasteiger charge is 2.33. The number of methoxy groups -OCH3 is 3. The Labute approximate surface area is 149 Å². The molecule has 0 bridgehead atoms. The van der Waals surface area contributed by atoms with E-state index in [0.717, 1.165) is 16.7 Å². The summed E-state index contributed by atoms with van der Waals surface area (Å²) in [7, 11) is 4.61. The first-order chi connectivity index (χ1) is 12.0. The zero-order chi connectivity index (χ0) is 18.4. The third-order valence-corrected chi connectivity index (χ3v) is 4.27. The highest BCUT2D eigenvalue weighted by molar-refractivity contribution is 5.92. The lowest BCUT2D eigenvalue weighted by atomic mass is 9.81. The standard InChI is InChI=1S/C20H25NO4/c1-14-8-6-7-9-16(14)19-17(15(2)24-4)12-21(10-11-23-3)13-18(19)20(22)25-5/h6-9,12-13,19H,2,10-11H2,1,3-5H3. The number of rotatable bonds is 7. The van der Waals surface area contributed by atoms with E-state index in [1.807, 2.05) is 48.5 Å². The molecule has 1 aliphatic rings. The monoisotopic (exact) mass is 343 g/mol. The molecule has 25 heavy (non-hydrogen) atoms. The largest absolute Gasteiger partial charge is 0.497 e. The number of carbonyl (C=O) groups is 1. The Balaban J connectivity index is 2.57. The lowest BCUT2D eigenvalue weighted by Gasteiger charge is -2.32. The van der Waals surface area contributed by atoms with Gasteiger partial charge in [-0.25, -0.2) is 4.79 Å². The number of ether oxygens (including phenoxy) is 3. The topological polar surface area (TPSA) is 48.0 Å². The molecule has 5 heteroatoms. The van der Waals surface area contributed by atoms with Crippen LogP contribution in [0.5, 0.6) is 0 Å². The summed E-state index contributed by atoms with van der Waals surface area (Å²) in [5.41, 5.74) is 3.48. The van der Waals surface area contributed by atoms with Crippen LogP contribution in [0.25, 0.3) is 0 Å². The van der Waals surface area contributed by atoms with Gasteiger partial charge >= 0.3 is 5.97 Å². The van der Waals surface area contributed by atoms with Crippen molar-refractivity contribution in [3.63, 3.8) is 0 Å². The maximum atomic E-state index is 12.5. The van der Waals surface area contributed by atoms with Gasteiger partial charge in [-0.05, 0) is 18.1 Å². The van der Waals surface area contributed by atoms with Crippen LogP contribution in [0, 0.1) is 6.92 Å². The van der Waals surface area contributed by atoms with Gasteiger partial charge in [0.1, 0.15) is 5.76 Å². The van der Waals surface area contributed by atoms with Crippen molar-refractivity contribution < 1.29 is 19.0 Å². The van der Waals surface area contributed by atoms with E-state index in [4.69, 9.17) is 14.2 Å². The SMILES string of the molecule is C=C(OC)C1=CN(CCOC)C=C(C(=O)OC)C1c1ccccc1C. The number of esters is 1. The zero-order valence-corrected chi connectivity index (χ0v) is 15.2. The van der Waals surface area contributed by atoms with Gasteiger partial charge in [-0.2, -0.15) is 0 Å². The first-order valence-electron chi connectivity index (χ1n) is 8.08. The van der Waals surface area contributed by atoms with Crippen LogP contribution in [0.1, 0.15) is 17.0 Å².